The standard InChI is InChI=1S/C10H22N2O2/c1-8(2)4-5-12-10(13)6-9(7-11)14-3/h8-9H,4-7,11H2,1-3H3,(H,12,13). The van der Waals surface area contributed by atoms with Crippen LogP contribution in [0.5, 0.6) is 0 Å². The Bertz CT molecular complexity index is 156. The summed E-state index contributed by atoms with van der Waals surface area (Å²) in [6, 6.07) is 0. The van der Waals surface area contributed by atoms with Crippen LogP contribution in [0, 0.1) is 5.92 Å². The number of methoxy groups -OCH3 is 1. The van der Waals surface area contributed by atoms with Crippen LogP contribution in [0.15, 0.2) is 0 Å². The number of nitrogens with two attached hydrogens (primary N) is 1. The molecule has 84 valence electrons. The van der Waals surface area contributed by atoms with Crippen molar-refractivity contribution < 1.29 is 9.53 Å². The Kier molecular flexibility index (Phi) is 7.42. The number of carbonyl (C=O) groups is 1. The first-order chi connectivity index (χ1) is 6.60. The van der Waals surface area contributed by atoms with Crippen molar-refractivity contribution in [3.8, 4) is 0 Å². The number of ether oxygens (including phenoxy) is 1. The second-order valence-corrected chi connectivity index (χ2v) is 3.83. The molecule has 4 nitrogen and oxygen atoms in total. The average Bonchev–Trinajstić information content (AvgIpc) is 2.13. The normalized spacial score (nSPS) is 12.9. The first-order valence-electron chi connectivity index (χ1n) is 5.09. The van der Waals surface area contributed by atoms with Gasteiger partial charge in [-0.2, -0.15) is 0 Å². The minimum Gasteiger partial charge on any atom is -0.380 e. The zero-order valence-corrected chi connectivity index (χ0v) is 9.38. The average molecular weight is 202 g/mol. The van der Waals surface area contributed by atoms with E-state index in [4.69, 9.17) is 10.5 Å². The molecule has 14 heavy (non-hydrogen) atoms. The van der Waals surface area contributed by atoms with Crippen LogP contribution < -0.4 is 11.1 Å². The monoisotopic (exact) mass is 202 g/mol. The maximum atomic E-state index is 11.3. The van der Waals surface area contributed by atoms with Gasteiger partial charge in [0.25, 0.3) is 0 Å². The Hall–Kier alpha value is -0.610. The molecule has 0 saturated heterocycles. The summed E-state index contributed by atoms with van der Waals surface area (Å²) in [6.07, 6.45) is 1.20. The summed E-state index contributed by atoms with van der Waals surface area (Å²) in [5, 5.41) is 2.84. The van der Waals surface area contributed by atoms with E-state index in [2.05, 4.69) is 19.2 Å². The minimum absolute atomic E-state index is 0.0166. The topological polar surface area (TPSA) is 64.3 Å². The lowest BCUT2D eigenvalue weighted by atomic mass is 10.1. The van der Waals surface area contributed by atoms with Crippen LogP contribution in [0.2, 0.25) is 0 Å². The molecule has 0 aliphatic heterocycles. The predicted molar refractivity (Wildman–Crippen MR) is 56.9 cm³/mol. The smallest absolute Gasteiger partial charge is 0.222 e. The Balaban J connectivity index is 3.54. The van der Waals surface area contributed by atoms with Gasteiger partial charge in [-0.05, 0) is 12.3 Å². The van der Waals surface area contributed by atoms with E-state index in [1.807, 2.05) is 0 Å². The van der Waals surface area contributed by atoms with Gasteiger partial charge in [0.1, 0.15) is 0 Å². The van der Waals surface area contributed by atoms with Gasteiger partial charge < -0.3 is 15.8 Å². The van der Waals surface area contributed by atoms with E-state index in [0.717, 1.165) is 13.0 Å². The molecule has 3 N–H and O–H groups in total. The molecular weight excluding hydrogens is 180 g/mol. The van der Waals surface area contributed by atoms with Gasteiger partial charge in [-0.15, -0.1) is 0 Å². The van der Waals surface area contributed by atoms with Gasteiger partial charge in [-0.25, -0.2) is 0 Å². The van der Waals surface area contributed by atoms with Crippen molar-refractivity contribution in [3.63, 3.8) is 0 Å². The van der Waals surface area contributed by atoms with Gasteiger partial charge in [-0.3, -0.25) is 4.79 Å². The van der Waals surface area contributed by atoms with Crippen LogP contribution in [0.4, 0.5) is 0 Å². The summed E-state index contributed by atoms with van der Waals surface area (Å²) >= 11 is 0. The SMILES string of the molecule is COC(CN)CC(=O)NCCC(C)C. The fourth-order valence-electron chi connectivity index (χ4n) is 1.04. The molecule has 0 aromatic carbocycles. The number of amides is 1. The summed E-state index contributed by atoms with van der Waals surface area (Å²) in [5.41, 5.74) is 5.40. The fourth-order valence-corrected chi connectivity index (χ4v) is 1.04. The third kappa shape index (κ3) is 6.86. The van der Waals surface area contributed by atoms with Crippen molar-refractivity contribution in [2.75, 3.05) is 20.2 Å². The molecule has 0 fully saturated rings. The third-order valence-corrected chi connectivity index (χ3v) is 2.05. The second-order valence-electron chi connectivity index (χ2n) is 3.83. The first kappa shape index (κ1) is 13.4. The van der Waals surface area contributed by atoms with Crippen molar-refractivity contribution in [2.45, 2.75) is 32.8 Å². The van der Waals surface area contributed by atoms with Crippen molar-refractivity contribution in [3.05, 3.63) is 0 Å². The maximum Gasteiger partial charge on any atom is 0.222 e. The Labute approximate surface area is 86.2 Å². The van der Waals surface area contributed by atoms with Gasteiger partial charge in [0.15, 0.2) is 0 Å². The largest absolute Gasteiger partial charge is 0.380 e. The molecule has 1 atom stereocenters. The van der Waals surface area contributed by atoms with Crippen molar-refractivity contribution in [1.82, 2.24) is 5.32 Å². The van der Waals surface area contributed by atoms with Crippen LogP contribution in [0.1, 0.15) is 26.7 Å². The molecule has 0 spiro atoms. The summed E-state index contributed by atoms with van der Waals surface area (Å²) in [5.74, 6) is 0.631. The lowest BCUT2D eigenvalue weighted by Gasteiger charge is -2.12. The molecule has 0 aromatic heterocycles. The highest BCUT2D eigenvalue weighted by Gasteiger charge is 2.10. The summed E-state index contributed by atoms with van der Waals surface area (Å²) in [4.78, 5) is 11.3. The summed E-state index contributed by atoms with van der Waals surface area (Å²) < 4.78 is 5.01. The summed E-state index contributed by atoms with van der Waals surface area (Å²) in [7, 11) is 1.57. The summed E-state index contributed by atoms with van der Waals surface area (Å²) in [6.45, 7) is 5.37. The molecule has 0 heterocycles. The molecule has 0 aliphatic carbocycles. The molecule has 0 saturated carbocycles. The highest BCUT2D eigenvalue weighted by Crippen LogP contribution is 1.98. The van der Waals surface area contributed by atoms with E-state index in [0.29, 0.717) is 18.9 Å². The Morgan fingerprint density at radius 3 is 2.57 bits per heavy atom. The zero-order chi connectivity index (χ0) is 11.0. The third-order valence-electron chi connectivity index (χ3n) is 2.05. The van der Waals surface area contributed by atoms with Crippen molar-refractivity contribution in [1.29, 1.82) is 0 Å². The van der Waals surface area contributed by atoms with Crippen LogP contribution >= 0.6 is 0 Å². The quantitative estimate of drug-likeness (QED) is 0.632. The highest BCUT2D eigenvalue weighted by molar-refractivity contribution is 5.76. The first-order valence-corrected chi connectivity index (χ1v) is 5.09. The van der Waals surface area contributed by atoms with Crippen LogP contribution in [-0.4, -0.2) is 32.2 Å². The second kappa shape index (κ2) is 7.76. The molecule has 0 aromatic rings. The lowest BCUT2D eigenvalue weighted by molar-refractivity contribution is -0.123. The molecule has 0 radical (unpaired) electrons. The van der Waals surface area contributed by atoms with Crippen LogP contribution in [0.3, 0.4) is 0 Å². The maximum absolute atomic E-state index is 11.3. The number of rotatable bonds is 7. The van der Waals surface area contributed by atoms with Crippen molar-refractivity contribution in [2.24, 2.45) is 11.7 Å². The molecule has 4 heteroatoms. The molecule has 0 rings (SSSR count). The molecule has 1 amide bonds. The van der Waals surface area contributed by atoms with E-state index < -0.39 is 0 Å². The zero-order valence-electron chi connectivity index (χ0n) is 9.38. The number of hydrogen-bond donors (Lipinski definition) is 2. The molecule has 0 aliphatic rings. The Morgan fingerprint density at radius 1 is 1.50 bits per heavy atom. The van der Waals surface area contributed by atoms with Crippen LogP contribution in [-0.2, 0) is 9.53 Å². The van der Waals surface area contributed by atoms with Gasteiger partial charge in [0.2, 0.25) is 5.91 Å². The van der Waals surface area contributed by atoms with E-state index in [1.165, 1.54) is 0 Å². The number of carbonyl (C=O) groups excluding carboxylic acids is 1. The van der Waals surface area contributed by atoms with E-state index in [-0.39, 0.29) is 12.0 Å². The van der Waals surface area contributed by atoms with Crippen molar-refractivity contribution >= 4 is 5.91 Å². The molecular formula is C10H22N2O2. The fraction of sp³-hybridized carbons (Fsp3) is 0.900. The molecule has 0 bridgehead atoms. The van der Waals surface area contributed by atoms with E-state index in [9.17, 15) is 4.79 Å². The van der Waals surface area contributed by atoms with Gasteiger partial charge in [0.05, 0.1) is 12.5 Å². The highest BCUT2D eigenvalue weighted by atomic mass is 16.5. The molecule has 1 unspecified atom stereocenters. The minimum atomic E-state index is -0.158. The van der Waals surface area contributed by atoms with E-state index >= 15 is 0 Å². The predicted octanol–water partition coefficient (Wildman–Crippen LogP) is 0.513. The van der Waals surface area contributed by atoms with Gasteiger partial charge >= 0.3 is 0 Å². The number of hydrogen-bond acceptors (Lipinski definition) is 3. The van der Waals surface area contributed by atoms with Gasteiger partial charge in [0, 0.05) is 20.2 Å². The van der Waals surface area contributed by atoms with Gasteiger partial charge in [-0.1, -0.05) is 13.8 Å². The Morgan fingerprint density at radius 2 is 2.14 bits per heavy atom. The van der Waals surface area contributed by atoms with Crippen LogP contribution in [0.25, 0.3) is 0 Å². The lowest BCUT2D eigenvalue weighted by Crippen LogP contribution is -2.32. The number of nitrogens with one attached hydrogen (secondary N) is 1. The van der Waals surface area contributed by atoms with E-state index in [1.54, 1.807) is 7.11 Å².